The van der Waals surface area contributed by atoms with Gasteiger partial charge in [-0.15, -0.1) is 0 Å². The van der Waals surface area contributed by atoms with Crippen LogP contribution in [0.1, 0.15) is 45.4 Å². The summed E-state index contributed by atoms with van der Waals surface area (Å²) >= 11 is 0. The molecule has 0 amide bonds. The standard InChI is InChI=1S/C12H23NO/c1-2-14-12(10-6-7-10)11(13)8-9-4-3-5-9/h9-12H,2-8,13H2,1H3. The lowest BCUT2D eigenvalue weighted by Crippen LogP contribution is -2.40. The maximum absolute atomic E-state index is 6.23. The molecule has 0 aromatic heterocycles. The van der Waals surface area contributed by atoms with Crippen LogP contribution in [0, 0.1) is 11.8 Å². The first-order valence-electron chi connectivity index (χ1n) is 6.18. The van der Waals surface area contributed by atoms with Gasteiger partial charge in [0.05, 0.1) is 6.10 Å². The van der Waals surface area contributed by atoms with Crippen molar-refractivity contribution in [1.82, 2.24) is 0 Å². The second-order valence-corrected chi connectivity index (χ2v) is 4.95. The van der Waals surface area contributed by atoms with Gasteiger partial charge in [0.2, 0.25) is 0 Å². The summed E-state index contributed by atoms with van der Waals surface area (Å²) in [6.45, 7) is 2.89. The number of nitrogens with two attached hydrogens (primary N) is 1. The zero-order chi connectivity index (χ0) is 9.97. The van der Waals surface area contributed by atoms with E-state index >= 15 is 0 Å². The summed E-state index contributed by atoms with van der Waals surface area (Å²) in [5.41, 5.74) is 6.23. The number of hydrogen-bond donors (Lipinski definition) is 1. The van der Waals surface area contributed by atoms with Gasteiger partial charge in [-0.25, -0.2) is 0 Å². The third kappa shape index (κ3) is 2.48. The average Bonchev–Trinajstić information content (AvgIpc) is 2.90. The molecular weight excluding hydrogens is 174 g/mol. The predicted octanol–water partition coefficient (Wildman–Crippen LogP) is 2.32. The van der Waals surface area contributed by atoms with Gasteiger partial charge in [-0.1, -0.05) is 19.3 Å². The molecule has 0 aromatic rings. The molecule has 2 N–H and O–H groups in total. The molecule has 0 radical (unpaired) electrons. The van der Waals surface area contributed by atoms with Gasteiger partial charge in [-0.3, -0.25) is 0 Å². The molecule has 2 nitrogen and oxygen atoms in total. The van der Waals surface area contributed by atoms with Gasteiger partial charge in [0.1, 0.15) is 0 Å². The molecule has 2 fully saturated rings. The van der Waals surface area contributed by atoms with Crippen molar-refractivity contribution in [1.29, 1.82) is 0 Å². The van der Waals surface area contributed by atoms with E-state index in [9.17, 15) is 0 Å². The largest absolute Gasteiger partial charge is 0.377 e. The van der Waals surface area contributed by atoms with E-state index in [1.165, 1.54) is 38.5 Å². The number of rotatable bonds is 6. The second-order valence-electron chi connectivity index (χ2n) is 4.95. The van der Waals surface area contributed by atoms with Crippen LogP contribution in [0.5, 0.6) is 0 Å². The molecule has 0 aromatic carbocycles. The molecule has 2 aliphatic rings. The third-order valence-electron chi connectivity index (χ3n) is 3.70. The third-order valence-corrected chi connectivity index (χ3v) is 3.70. The Labute approximate surface area is 87.2 Å². The van der Waals surface area contributed by atoms with E-state index < -0.39 is 0 Å². The maximum atomic E-state index is 6.23. The molecule has 2 rings (SSSR count). The molecule has 2 atom stereocenters. The molecule has 2 aliphatic carbocycles. The van der Waals surface area contributed by atoms with Crippen LogP contribution in [0.25, 0.3) is 0 Å². The highest BCUT2D eigenvalue weighted by Gasteiger charge is 2.37. The molecule has 14 heavy (non-hydrogen) atoms. The topological polar surface area (TPSA) is 35.2 Å². The van der Waals surface area contributed by atoms with Crippen molar-refractivity contribution in [2.45, 2.75) is 57.6 Å². The zero-order valence-corrected chi connectivity index (χ0v) is 9.24. The lowest BCUT2D eigenvalue weighted by molar-refractivity contribution is 0.0196. The van der Waals surface area contributed by atoms with Gasteiger partial charge in [0, 0.05) is 12.6 Å². The van der Waals surface area contributed by atoms with Gasteiger partial charge in [0.15, 0.2) is 0 Å². The Balaban J connectivity index is 1.76. The molecule has 0 bridgehead atoms. The van der Waals surface area contributed by atoms with Crippen LogP contribution in [0.4, 0.5) is 0 Å². The van der Waals surface area contributed by atoms with Crippen LogP contribution in [-0.4, -0.2) is 18.8 Å². The van der Waals surface area contributed by atoms with Crippen molar-refractivity contribution < 1.29 is 4.74 Å². The van der Waals surface area contributed by atoms with Crippen LogP contribution >= 0.6 is 0 Å². The van der Waals surface area contributed by atoms with E-state index in [4.69, 9.17) is 10.5 Å². The van der Waals surface area contributed by atoms with E-state index in [0.29, 0.717) is 12.1 Å². The highest BCUT2D eigenvalue weighted by Crippen LogP contribution is 2.38. The molecular formula is C12H23NO. The number of ether oxygens (including phenoxy) is 1. The summed E-state index contributed by atoms with van der Waals surface area (Å²) in [4.78, 5) is 0. The zero-order valence-electron chi connectivity index (χ0n) is 9.24. The Morgan fingerprint density at radius 2 is 2.00 bits per heavy atom. The highest BCUT2D eigenvalue weighted by molar-refractivity contribution is 4.90. The van der Waals surface area contributed by atoms with Crippen LogP contribution in [-0.2, 0) is 4.74 Å². The normalized spacial score (nSPS) is 27.0. The van der Waals surface area contributed by atoms with Gasteiger partial charge >= 0.3 is 0 Å². The lowest BCUT2D eigenvalue weighted by atomic mass is 9.79. The predicted molar refractivity (Wildman–Crippen MR) is 58.1 cm³/mol. The summed E-state index contributed by atoms with van der Waals surface area (Å²) in [7, 11) is 0. The second kappa shape index (κ2) is 4.63. The first-order chi connectivity index (χ1) is 6.81. The first kappa shape index (κ1) is 10.4. The molecule has 2 heteroatoms. The molecule has 0 heterocycles. The summed E-state index contributed by atoms with van der Waals surface area (Å²) in [6, 6.07) is 0.299. The van der Waals surface area contributed by atoms with Crippen LogP contribution in [0.3, 0.4) is 0 Å². The summed E-state index contributed by atoms with van der Waals surface area (Å²) in [5, 5.41) is 0. The summed E-state index contributed by atoms with van der Waals surface area (Å²) in [5.74, 6) is 1.69. The quantitative estimate of drug-likeness (QED) is 0.709. The maximum Gasteiger partial charge on any atom is 0.0753 e. The smallest absolute Gasteiger partial charge is 0.0753 e. The Morgan fingerprint density at radius 1 is 1.29 bits per heavy atom. The SMILES string of the molecule is CCOC(C(N)CC1CCC1)C1CC1. The fourth-order valence-corrected chi connectivity index (χ4v) is 2.47. The number of hydrogen-bond acceptors (Lipinski definition) is 2. The minimum Gasteiger partial charge on any atom is -0.377 e. The van der Waals surface area contributed by atoms with Crippen LogP contribution in [0.2, 0.25) is 0 Å². The molecule has 0 aliphatic heterocycles. The van der Waals surface area contributed by atoms with Crippen molar-refractivity contribution in [2.24, 2.45) is 17.6 Å². The van der Waals surface area contributed by atoms with Gasteiger partial charge in [-0.2, -0.15) is 0 Å². The first-order valence-corrected chi connectivity index (χ1v) is 6.18. The fraction of sp³-hybridized carbons (Fsp3) is 1.00. The van der Waals surface area contributed by atoms with Gasteiger partial charge < -0.3 is 10.5 Å². The molecule has 82 valence electrons. The Hall–Kier alpha value is -0.0800. The van der Waals surface area contributed by atoms with E-state index in [1.807, 2.05) is 0 Å². The van der Waals surface area contributed by atoms with Crippen molar-refractivity contribution in [3.05, 3.63) is 0 Å². The van der Waals surface area contributed by atoms with Crippen molar-refractivity contribution >= 4 is 0 Å². The fourth-order valence-electron chi connectivity index (χ4n) is 2.47. The Kier molecular flexibility index (Phi) is 3.45. The van der Waals surface area contributed by atoms with Crippen molar-refractivity contribution in [3.8, 4) is 0 Å². The van der Waals surface area contributed by atoms with Gasteiger partial charge in [-0.05, 0) is 38.0 Å². The lowest BCUT2D eigenvalue weighted by Gasteiger charge is -2.31. The van der Waals surface area contributed by atoms with E-state index in [-0.39, 0.29) is 0 Å². The molecule has 0 spiro atoms. The Morgan fingerprint density at radius 3 is 2.43 bits per heavy atom. The summed E-state index contributed by atoms with van der Waals surface area (Å²) in [6.07, 6.45) is 8.45. The molecule has 2 unspecified atom stereocenters. The van der Waals surface area contributed by atoms with Crippen LogP contribution < -0.4 is 5.73 Å². The van der Waals surface area contributed by atoms with E-state index in [1.54, 1.807) is 0 Å². The van der Waals surface area contributed by atoms with Crippen LogP contribution in [0.15, 0.2) is 0 Å². The minimum absolute atomic E-state index is 0.299. The monoisotopic (exact) mass is 197 g/mol. The molecule has 0 saturated heterocycles. The van der Waals surface area contributed by atoms with E-state index in [2.05, 4.69) is 6.92 Å². The molecule has 2 saturated carbocycles. The highest BCUT2D eigenvalue weighted by atomic mass is 16.5. The van der Waals surface area contributed by atoms with E-state index in [0.717, 1.165) is 18.4 Å². The van der Waals surface area contributed by atoms with Crippen molar-refractivity contribution in [3.63, 3.8) is 0 Å². The summed E-state index contributed by atoms with van der Waals surface area (Å²) < 4.78 is 5.77. The average molecular weight is 197 g/mol. The Bertz CT molecular complexity index is 175. The van der Waals surface area contributed by atoms with Crippen molar-refractivity contribution in [2.75, 3.05) is 6.61 Å². The minimum atomic E-state index is 0.299. The van der Waals surface area contributed by atoms with Gasteiger partial charge in [0.25, 0.3) is 0 Å².